The number of thioether (sulfide) groups is 1. The van der Waals surface area contributed by atoms with Crippen LogP contribution in [0.2, 0.25) is 0 Å². The van der Waals surface area contributed by atoms with Gasteiger partial charge in [0, 0.05) is 18.5 Å². The second-order valence-electron chi connectivity index (χ2n) is 4.44. The molecule has 1 aromatic heterocycles. The number of aliphatic hydroxyl groups is 1. The van der Waals surface area contributed by atoms with Crippen molar-refractivity contribution in [1.82, 2.24) is 9.97 Å². The predicted molar refractivity (Wildman–Crippen MR) is 70.3 cm³/mol. The minimum atomic E-state index is -0.155. The molecule has 5 heteroatoms. The van der Waals surface area contributed by atoms with E-state index in [2.05, 4.69) is 15.3 Å². The van der Waals surface area contributed by atoms with Gasteiger partial charge in [0.25, 0.3) is 0 Å². The molecule has 0 aromatic carbocycles. The molecule has 0 radical (unpaired) electrons. The third kappa shape index (κ3) is 3.57. The molecule has 2 rings (SSSR count). The van der Waals surface area contributed by atoms with Crippen molar-refractivity contribution in [2.45, 2.75) is 36.8 Å². The van der Waals surface area contributed by atoms with E-state index in [0.29, 0.717) is 5.92 Å². The molecule has 2 unspecified atom stereocenters. The molecule has 2 atom stereocenters. The van der Waals surface area contributed by atoms with E-state index in [-0.39, 0.29) is 6.10 Å². The Kier molecular flexibility index (Phi) is 4.62. The molecule has 0 aliphatic heterocycles. The first kappa shape index (κ1) is 12.6. The molecule has 0 amide bonds. The standard InChI is InChI=1S/C12H19N3OS/c1-17-12-6-11(14-8-15-12)13-7-9-4-2-3-5-10(9)16/h6,8-10,16H,2-5,7H2,1H3,(H,13,14,15). The number of nitrogens with zero attached hydrogens (tertiary/aromatic N) is 2. The zero-order valence-corrected chi connectivity index (χ0v) is 10.9. The van der Waals surface area contributed by atoms with Crippen LogP contribution in [-0.2, 0) is 0 Å². The highest BCUT2D eigenvalue weighted by Gasteiger charge is 2.22. The number of rotatable bonds is 4. The highest BCUT2D eigenvalue weighted by atomic mass is 32.2. The molecule has 1 fully saturated rings. The second-order valence-corrected chi connectivity index (χ2v) is 5.26. The smallest absolute Gasteiger partial charge is 0.130 e. The van der Waals surface area contributed by atoms with Crippen molar-refractivity contribution in [2.75, 3.05) is 18.1 Å². The lowest BCUT2D eigenvalue weighted by Gasteiger charge is -2.27. The summed E-state index contributed by atoms with van der Waals surface area (Å²) in [5, 5.41) is 14.1. The van der Waals surface area contributed by atoms with E-state index in [4.69, 9.17) is 0 Å². The molecule has 0 spiro atoms. The van der Waals surface area contributed by atoms with E-state index in [1.807, 2.05) is 12.3 Å². The van der Waals surface area contributed by atoms with Crippen molar-refractivity contribution < 1.29 is 5.11 Å². The molecule has 94 valence electrons. The van der Waals surface area contributed by atoms with Crippen molar-refractivity contribution in [1.29, 1.82) is 0 Å². The van der Waals surface area contributed by atoms with Gasteiger partial charge < -0.3 is 10.4 Å². The Bertz CT molecular complexity index is 361. The molecule has 2 N–H and O–H groups in total. The molecular weight excluding hydrogens is 234 g/mol. The molecule has 1 heterocycles. The van der Waals surface area contributed by atoms with Gasteiger partial charge in [0.1, 0.15) is 17.2 Å². The fourth-order valence-corrected chi connectivity index (χ4v) is 2.59. The summed E-state index contributed by atoms with van der Waals surface area (Å²) in [4.78, 5) is 8.31. The predicted octanol–water partition coefficient (Wildman–Crippen LogP) is 2.16. The highest BCUT2D eigenvalue weighted by Crippen LogP contribution is 2.24. The first-order chi connectivity index (χ1) is 8.29. The molecule has 4 nitrogen and oxygen atoms in total. The fourth-order valence-electron chi connectivity index (χ4n) is 2.21. The monoisotopic (exact) mass is 253 g/mol. The molecule has 1 aliphatic rings. The first-order valence-electron chi connectivity index (χ1n) is 6.07. The minimum Gasteiger partial charge on any atom is -0.393 e. The van der Waals surface area contributed by atoms with Gasteiger partial charge in [0.15, 0.2) is 0 Å². The Hall–Kier alpha value is -0.810. The molecule has 17 heavy (non-hydrogen) atoms. The largest absolute Gasteiger partial charge is 0.393 e. The summed E-state index contributed by atoms with van der Waals surface area (Å²) in [5.74, 6) is 1.21. The van der Waals surface area contributed by atoms with E-state index in [1.54, 1.807) is 18.1 Å². The Morgan fingerprint density at radius 1 is 1.41 bits per heavy atom. The maximum absolute atomic E-state index is 9.87. The van der Waals surface area contributed by atoms with Gasteiger partial charge in [0.05, 0.1) is 6.10 Å². The number of aliphatic hydroxyl groups excluding tert-OH is 1. The lowest BCUT2D eigenvalue weighted by Crippen LogP contribution is -2.30. The van der Waals surface area contributed by atoms with Crippen LogP contribution in [0.5, 0.6) is 0 Å². The molecule has 0 saturated heterocycles. The van der Waals surface area contributed by atoms with Gasteiger partial charge in [-0.25, -0.2) is 9.97 Å². The van der Waals surface area contributed by atoms with Gasteiger partial charge in [-0.2, -0.15) is 0 Å². The Morgan fingerprint density at radius 2 is 2.24 bits per heavy atom. The van der Waals surface area contributed by atoms with Crippen LogP contribution in [0.3, 0.4) is 0 Å². The van der Waals surface area contributed by atoms with Crippen LogP contribution in [0.1, 0.15) is 25.7 Å². The Balaban J connectivity index is 1.88. The van der Waals surface area contributed by atoms with Crippen molar-refractivity contribution >= 4 is 17.6 Å². The molecule has 1 aromatic rings. The van der Waals surface area contributed by atoms with E-state index in [9.17, 15) is 5.11 Å². The van der Waals surface area contributed by atoms with Crippen LogP contribution in [0.15, 0.2) is 17.4 Å². The molecule has 1 aliphatic carbocycles. The number of hydrogen-bond acceptors (Lipinski definition) is 5. The summed E-state index contributed by atoms with van der Waals surface area (Å²) in [7, 11) is 0. The topological polar surface area (TPSA) is 58.0 Å². The van der Waals surface area contributed by atoms with Gasteiger partial charge in [-0.1, -0.05) is 12.8 Å². The third-order valence-electron chi connectivity index (χ3n) is 3.27. The van der Waals surface area contributed by atoms with Crippen LogP contribution >= 0.6 is 11.8 Å². The van der Waals surface area contributed by atoms with Crippen LogP contribution in [0.25, 0.3) is 0 Å². The first-order valence-corrected chi connectivity index (χ1v) is 7.30. The summed E-state index contributed by atoms with van der Waals surface area (Å²) >= 11 is 1.60. The molecule has 1 saturated carbocycles. The zero-order chi connectivity index (χ0) is 12.1. The van der Waals surface area contributed by atoms with Crippen molar-refractivity contribution in [3.8, 4) is 0 Å². The van der Waals surface area contributed by atoms with Gasteiger partial charge in [-0.15, -0.1) is 11.8 Å². The Labute approximate surface area is 106 Å². The summed E-state index contributed by atoms with van der Waals surface area (Å²) in [6.07, 6.45) is 7.84. The second kappa shape index (κ2) is 6.21. The maximum Gasteiger partial charge on any atom is 0.130 e. The average Bonchev–Trinajstić information content (AvgIpc) is 2.38. The van der Waals surface area contributed by atoms with Crippen molar-refractivity contribution in [3.05, 3.63) is 12.4 Å². The number of aromatic nitrogens is 2. The normalized spacial score (nSPS) is 24.6. The van der Waals surface area contributed by atoms with E-state index < -0.39 is 0 Å². The number of hydrogen-bond donors (Lipinski definition) is 2. The summed E-state index contributed by atoms with van der Waals surface area (Å²) in [6, 6.07) is 1.94. The van der Waals surface area contributed by atoms with Gasteiger partial charge in [-0.3, -0.25) is 0 Å². The number of anilines is 1. The van der Waals surface area contributed by atoms with E-state index in [0.717, 1.165) is 36.7 Å². The van der Waals surface area contributed by atoms with E-state index in [1.165, 1.54) is 6.42 Å². The third-order valence-corrected chi connectivity index (χ3v) is 3.91. The van der Waals surface area contributed by atoms with Crippen molar-refractivity contribution in [2.24, 2.45) is 5.92 Å². The minimum absolute atomic E-state index is 0.155. The fraction of sp³-hybridized carbons (Fsp3) is 0.667. The highest BCUT2D eigenvalue weighted by molar-refractivity contribution is 7.98. The SMILES string of the molecule is CSc1cc(NCC2CCCCC2O)ncn1. The number of nitrogens with one attached hydrogen (secondary N) is 1. The summed E-state index contributed by atoms with van der Waals surface area (Å²) in [5.41, 5.74) is 0. The van der Waals surface area contributed by atoms with Crippen LogP contribution in [0.4, 0.5) is 5.82 Å². The maximum atomic E-state index is 9.87. The van der Waals surface area contributed by atoms with E-state index >= 15 is 0 Å². The van der Waals surface area contributed by atoms with Gasteiger partial charge >= 0.3 is 0 Å². The quantitative estimate of drug-likeness (QED) is 0.636. The zero-order valence-electron chi connectivity index (χ0n) is 10.1. The van der Waals surface area contributed by atoms with Crippen molar-refractivity contribution in [3.63, 3.8) is 0 Å². The van der Waals surface area contributed by atoms with Gasteiger partial charge in [-0.05, 0) is 19.1 Å². The summed E-state index contributed by atoms with van der Waals surface area (Å²) < 4.78 is 0. The van der Waals surface area contributed by atoms with Gasteiger partial charge in [0.2, 0.25) is 0 Å². The molecule has 0 bridgehead atoms. The lowest BCUT2D eigenvalue weighted by atomic mass is 9.86. The Morgan fingerprint density at radius 3 is 3.00 bits per heavy atom. The van der Waals surface area contributed by atoms with Crippen LogP contribution in [0, 0.1) is 5.92 Å². The van der Waals surface area contributed by atoms with Crippen LogP contribution < -0.4 is 5.32 Å². The van der Waals surface area contributed by atoms with Crippen LogP contribution in [-0.4, -0.2) is 34.0 Å². The molecular formula is C12H19N3OS. The summed E-state index contributed by atoms with van der Waals surface area (Å²) in [6.45, 7) is 0.798. The average molecular weight is 253 g/mol. The lowest BCUT2D eigenvalue weighted by molar-refractivity contribution is 0.0763.